The number of thiocarbonyl (C=S) groups is 1. The van der Waals surface area contributed by atoms with E-state index in [4.69, 9.17) is 23.1 Å². The summed E-state index contributed by atoms with van der Waals surface area (Å²) < 4.78 is 25.8. The number of nitrogens with zero attached hydrogens (tertiary/aromatic N) is 2. The van der Waals surface area contributed by atoms with E-state index in [0.717, 1.165) is 6.42 Å². The Morgan fingerprint density at radius 1 is 1.40 bits per heavy atom. The molecule has 0 aliphatic heterocycles. The summed E-state index contributed by atoms with van der Waals surface area (Å²) in [6.07, 6.45) is 3.43. The number of aromatic nitrogens is 1. The first-order valence-corrected chi connectivity index (χ1v) is 8.07. The number of nitrogens with two attached hydrogens (primary N) is 1. The van der Waals surface area contributed by atoms with Crippen LogP contribution in [-0.4, -0.2) is 48.0 Å². The van der Waals surface area contributed by atoms with E-state index in [1.54, 1.807) is 0 Å². The fourth-order valence-electron chi connectivity index (χ4n) is 1.60. The molecule has 1 rings (SSSR count). The fraction of sp³-hybridized carbons (Fsp3) is 0.500. The van der Waals surface area contributed by atoms with Gasteiger partial charge in [-0.15, -0.1) is 0 Å². The van der Waals surface area contributed by atoms with Gasteiger partial charge in [0.25, 0.3) is 0 Å². The number of unbranched alkanes of at least 4 members (excludes halogenated alkanes) is 2. The van der Waals surface area contributed by atoms with E-state index in [1.165, 1.54) is 29.7 Å². The monoisotopic (exact) mass is 317 g/mol. The molecule has 0 atom stereocenters. The summed E-state index contributed by atoms with van der Waals surface area (Å²) in [6.45, 7) is 0.528. The predicted octanol–water partition coefficient (Wildman–Crippen LogP) is 0.499. The molecule has 6 nitrogen and oxygen atoms in total. The third kappa shape index (κ3) is 4.48. The zero-order chi connectivity index (χ0) is 15.2. The molecule has 1 aromatic rings. The third-order valence-corrected chi connectivity index (χ3v) is 4.88. The molecule has 0 saturated heterocycles. The standard InChI is InChI=1S/C12H19N3O3S2/c1-15(7-3-2-4-8-16)20(17,18)10-5-6-11(12(13)19)14-9-10/h5-6,9,16H,2-4,7-8H2,1H3,(H2,13,19). The summed E-state index contributed by atoms with van der Waals surface area (Å²) in [4.78, 5) is 4.18. The van der Waals surface area contributed by atoms with Gasteiger partial charge in [-0.1, -0.05) is 12.2 Å². The minimum atomic E-state index is -3.54. The highest BCUT2D eigenvalue weighted by atomic mass is 32.2. The lowest BCUT2D eigenvalue weighted by Gasteiger charge is -2.16. The highest BCUT2D eigenvalue weighted by Crippen LogP contribution is 2.14. The first-order valence-electron chi connectivity index (χ1n) is 6.22. The van der Waals surface area contributed by atoms with Crippen molar-refractivity contribution in [2.75, 3.05) is 20.2 Å². The van der Waals surface area contributed by atoms with Crippen LogP contribution in [-0.2, 0) is 10.0 Å². The van der Waals surface area contributed by atoms with Crippen molar-refractivity contribution in [1.82, 2.24) is 9.29 Å². The van der Waals surface area contributed by atoms with Crippen LogP contribution in [0.25, 0.3) is 0 Å². The Hall–Kier alpha value is -1.09. The average Bonchev–Trinajstić information content (AvgIpc) is 2.43. The number of hydrogen-bond acceptors (Lipinski definition) is 5. The number of sulfonamides is 1. The van der Waals surface area contributed by atoms with Crippen LogP contribution in [0.1, 0.15) is 25.0 Å². The second-order valence-corrected chi connectivity index (χ2v) is 6.84. The molecular weight excluding hydrogens is 298 g/mol. The van der Waals surface area contributed by atoms with Crippen LogP contribution in [0.3, 0.4) is 0 Å². The van der Waals surface area contributed by atoms with Crippen molar-refractivity contribution in [1.29, 1.82) is 0 Å². The van der Waals surface area contributed by atoms with Gasteiger partial charge in [0, 0.05) is 26.4 Å². The van der Waals surface area contributed by atoms with E-state index in [9.17, 15) is 8.42 Å². The number of aliphatic hydroxyl groups is 1. The number of pyridine rings is 1. The molecule has 0 aliphatic rings. The second-order valence-electron chi connectivity index (χ2n) is 4.35. The molecule has 0 aliphatic carbocycles. The number of hydrogen-bond donors (Lipinski definition) is 2. The van der Waals surface area contributed by atoms with Crippen LogP contribution in [0.4, 0.5) is 0 Å². The van der Waals surface area contributed by atoms with E-state index < -0.39 is 10.0 Å². The normalized spacial score (nSPS) is 11.8. The van der Waals surface area contributed by atoms with Crippen molar-refractivity contribution in [3.8, 4) is 0 Å². The second kappa shape index (κ2) is 7.63. The Kier molecular flexibility index (Phi) is 6.47. The maximum absolute atomic E-state index is 12.2. The van der Waals surface area contributed by atoms with Crippen molar-refractivity contribution < 1.29 is 13.5 Å². The molecule has 0 fully saturated rings. The fourth-order valence-corrected chi connectivity index (χ4v) is 2.88. The molecule has 1 heterocycles. The predicted molar refractivity (Wildman–Crippen MR) is 80.9 cm³/mol. The molecule has 0 spiro atoms. The Balaban J connectivity index is 2.74. The molecule has 0 saturated carbocycles. The van der Waals surface area contributed by atoms with Gasteiger partial charge in [-0.05, 0) is 31.4 Å². The average molecular weight is 317 g/mol. The van der Waals surface area contributed by atoms with E-state index in [1.807, 2.05) is 0 Å². The molecule has 0 unspecified atom stereocenters. The smallest absolute Gasteiger partial charge is 0.244 e. The zero-order valence-corrected chi connectivity index (χ0v) is 13.0. The van der Waals surface area contributed by atoms with Crippen LogP contribution in [0.2, 0.25) is 0 Å². The summed E-state index contributed by atoms with van der Waals surface area (Å²) in [5.41, 5.74) is 5.81. The van der Waals surface area contributed by atoms with Crippen LogP contribution in [0, 0.1) is 0 Å². The topological polar surface area (TPSA) is 96.5 Å². The van der Waals surface area contributed by atoms with Gasteiger partial charge in [0.2, 0.25) is 10.0 Å². The van der Waals surface area contributed by atoms with Gasteiger partial charge in [0.1, 0.15) is 9.88 Å². The summed E-state index contributed by atoms with van der Waals surface area (Å²) in [5.74, 6) is 0. The highest BCUT2D eigenvalue weighted by Gasteiger charge is 2.20. The first-order chi connectivity index (χ1) is 9.39. The molecule has 0 aromatic carbocycles. The third-order valence-electron chi connectivity index (χ3n) is 2.83. The van der Waals surface area contributed by atoms with Crippen LogP contribution in [0.15, 0.2) is 23.2 Å². The summed E-state index contributed by atoms with van der Waals surface area (Å²) >= 11 is 4.77. The van der Waals surface area contributed by atoms with Crippen LogP contribution < -0.4 is 5.73 Å². The van der Waals surface area contributed by atoms with Crippen molar-refractivity contribution in [3.05, 3.63) is 24.0 Å². The van der Waals surface area contributed by atoms with E-state index in [0.29, 0.717) is 25.1 Å². The lowest BCUT2D eigenvalue weighted by atomic mass is 10.2. The first kappa shape index (κ1) is 17.0. The Bertz CT molecular complexity index is 544. The molecule has 20 heavy (non-hydrogen) atoms. The van der Waals surface area contributed by atoms with Gasteiger partial charge >= 0.3 is 0 Å². The Labute approximate surface area is 124 Å². The van der Waals surface area contributed by atoms with Crippen LogP contribution in [0.5, 0.6) is 0 Å². The minimum absolute atomic E-state index is 0.113. The van der Waals surface area contributed by atoms with E-state index in [2.05, 4.69) is 4.98 Å². The molecule has 3 N–H and O–H groups in total. The minimum Gasteiger partial charge on any atom is -0.396 e. The van der Waals surface area contributed by atoms with E-state index in [-0.39, 0.29) is 16.5 Å². The van der Waals surface area contributed by atoms with Crippen LogP contribution >= 0.6 is 12.2 Å². The summed E-state index contributed by atoms with van der Waals surface area (Å²) in [7, 11) is -2.02. The maximum atomic E-state index is 12.2. The summed E-state index contributed by atoms with van der Waals surface area (Å²) in [6, 6.07) is 2.94. The summed E-state index contributed by atoms with van der Waals surface area (Å²) in [5, 5.41) is 8.68. The largest absolute Gasteiger partial charge is 0.396 e. The molecule has 112 valence electrons. The van der Waals surface area contributed by atoms with Gasteiger partial charge in [0.15, 0.2) is 0 Å². The van der Waals surface area contributed by atoms with Gasteiger partial charge in [0.05, 0.1) is 5.69 Å². The number of rotatable bonds is 8. The molecule has 0 radical (unpaired) electrons. The van der Waals surface area contributed by atoms with Crippen molar-refractivity contribution in [3.63, 3.8) is 0 Å². The van der Waals surface area contributed by atoms with Crippen molar-refractivity contribution in [2.45, 2.75) is 24.2 Å². The van der Waals surface area contributed by atoms with Gasteiger partial charge in [-0.2, -0.15) is 0 Å². The van der Waals surface area contributed by atoms with E-state index >= 15 is 0 Å². The Morgan fingerprint density at radius 3 is 2.60 bits per heavy atom. The Morgan fingerprint density at radius 2 is 2.10 bits per heavy atom. The molecule has 1 aromatic heterocycles. The van der Waals surface area contributed by atoms with Crippen molar-refractivity contribution >= 4 is 27.2 Å². The quantitative estimate of drug-likeness (QED) is 0.535. The SMILES string of the molecule is CN(CCCCCO)S(=O)(=O)c1ccc(C(N)=S)nc1. The van der Waals surface area contributed by atoms with Crippen molar-refractivity contribution in [2.24, 2.45) is 5.73 Å². The maximum Gasteiger partial charge on any atom is 0.244 e. The molecule has 0 amide bonds. The molecule has 0 bridgehead atoms. The van der Waals surface area contributed by atoms with Gasteiger partial charge in [-0.25, -0.2) is 12.7 Å². The molecule has 8 heteroatoms. The molecular formula is C12H19N3O3S2. The van der Waals surface area contributed by atoms with Gasteiger partial charge < -0.3 is 10.8 Å². The number of aliphatic hydroxyl groups excluding tert-OH is 1. The highest BCUT2D eigenvalue weighted by molar-refractivity contribution is 7.89. The zero-order valence-electron chi connectivity index (χ0n) is 11.3. The lowest BCUT2D eigenvalue weighted by molar-refractivity contribution is 0.281. The van der Waals surface area contributed by atoms with Gasteiger partial charge in [-0.3, -0.25) is 4.98 Å². The lowest BCUT2D eigenvalue weighted by Crippen LogP contribution is -2.28.